The second-order valence-corrected chi connectivity index (χ2v) is 4.14. The van der Waals surface area contributed by atoms with Crippen molar-refractivity contribution in [3.05, 3.63) is 33.3 Å². The van der Waals surface area contributed by atoms with Gasteiger partial charge >= 0.3 is 0 Å². The summed E-state index contributed by atoms with van der Waals surface area (Å²) in [6.45, 7) is 0. The Bertz CT molecular complexity index is 343. The number of alkyl halides is 1. The highest BCUT2D eigenvalue weighted by molar-refractivity contribution is 9.10. The second kappa shape index (κ2) is 4.31. The highest BCUT2D eigenvalue weighted by Crippen LogP contribution is 2.28. The first-order chi connectivity index (χ1) is 6.02. The van der Waals surface area contributed by atoms with Gasteiger partial charge in [-0.1, -0.05) is 17.7 Å². The van der Waals surface area contributed by atoms with E-state index in [9.17, 15) is 4.79 Å². The first-order valence-electron chi connectivity index (χ1n) is 3.40. The van der Waals surface area contributed by atoms with E-state index in [1.807, 2.05) is 0 Å². The Morgan fingerprint density at radius 2 is 2.15 bits per heavy atom. The number of rotatable bonds is 2. The maximum atomic E-state index is 10.7. The van der Waals surface area contributed by atoms with Crippen LogP contribution in [0.15, 0.2) is 22.7 Å². The van der Waals surface area contributed by atoms with Crippen molar-refractivity contribution in [2.45, 2.75) is 5.38 Å². The average molecular weight is 283 g/mol. The molecule has 0 bridgehead atoms. The third kappa shape index (κ3) is 2.59. The van der Waals surface area contributed by atoms with Gasteiger partial charge in [-0.05, 0) is 33.6 Å². The van der Waals surface area contributed by atoms with Crippen LogP contribution >= 0.6 is 39.1 Å². The molecule has 1 atom stereocenters. The molecule has 2 nitrogen and oxygen atoms in total. The minimum absolute atomic E-state index is 0.567. The molecule has 0 heterocycles. The minimum Gasteiger partial charge on any atom is -0.368 e. The fourth-order valence-electron chi connectivity index (χ4n) is 0.834. The number of halogens is 3. The van der Waals surface area contributed by atoms with Crippen molar-refractivity contribution < 1.29 is 4.79 Å². The average Bonchev–Trinajstić information content (AvgIpc) is 2.08. The topological polar surface area (TPSA) is 43.1 Å². The third-order valence-corrected chi connectivity index (χ3v) is 3.17. The van der Waals surface area contributed by atoms with Crippen LogP contribution in [0.5, 0.6) is 0 Å². The molecule has 0 saturated heterocycles. The normalized spacial score (nSPS) is 12.5. The van der Waals surface area contributed by atoms with Gasteiger partial charge in [-0.2, -0.15) is 0 Å². The van der Waals surface area contributed by atoms with Gasteiger partial charge < -0.3 is 5.73 Å². The van der Waals surface area contributed by atoms with Gasteiger partial charge in [-0.3, -0.25) is 4.79 Å². The Hall–Kier alpha value is -0.250. The van der Waals surface area contributed by atoms with Gasteiger partial charge in [0.25, 0.3) is 0 Å². The van der Waals surface area contributed by atoms with Crippen molar-refractivity contribution >= 4 is 45.0 Å². The highest BCUT2D eigenvalue weighted by atomic mass is 79.9. The molecule has 0 aliphatic carbocycles. The lowest BCUT2D eigenvalue weighted by atomic mass is 10.1. The summed E-state index contributed by atoms with van der Waals surface area (Å²) in [7, 11) is 0. The maximum absolute atomic E-state index is 10.7. The number of carbonyl (C=O) groups is 1. The molecule has 1 aromatic rings. The molecule has 0 aliphatic rings. The molecule has 13 heavy (non-hydrogen) atoms. The van der Waals surface area contributed by atoms with E-state index >= 15 is 0 Å². The first-order valence-corrected chi connectivity index (χ1v) is 5.01. The Balaban J connectivity index is 3.03. The molecule has 5 heteroatoms. The molecular weight excluding hydrogens is 277 g/mol. The molecule has 0 radical (unpaired) electrons. The van der Waals surface area contributed by atoms with Gasteiger partial charge in [0.1, 0.15) is 5.38 Å². The van der Waals surface area contributed by atoms with Crippen molar-refractivity contribution in [2.75, 3.05) is 0 Å². The van der Waals surface area contributed by atoms with Gasteiger partial charge in [0.2, 0.25) is 5.91 Å². The van der Waals surface area contributed by atoms with Crippen LogP contribution in [0.1, 0.15) is 10.9 Å². The minimum atomic E-state index is -0.812. The predicted octanol–water partition coefficient (Wildman–Crippen LogP) is 2.87. The number of hydrogen-bond donors (Lipinski definition) is 1. The van der Waals surface area contributed by atoms with Crippen LogP contribution in [0, 0.1) is 0 Å². The van der Waals surface area contributed by atoms with Crippen LogP contribution in [0.3, 0.4) is 0 Å². The van der Waals surface area contributed by atoms with Crippen molar-refractivity contribution in [2.24, 2.45) is 5.73 Å². The molecule has 1 aromatic carbocycles. The fraction of sp³-hybridized carbons (Fsp3) is 0.125. The van der Waals surface area contributed by atoms with Crippen molar-refractivity contribution in [3.63, 3.8) is 0 Å². The van der Waals surface area contributed by atoms with Gasteiger partial charge in [-0.15, -0.1) is 11.6 Å². The molecule has 0 fully saturated rings. The molecule has 0 spiro atoms. The summed E-state index contributed by atoms with van der Waals surface area (Å²) in [6.07, 6.45) is 0. The number of nitrogens with two attached hydrogens (primary N) is 1. The molecule has 0 aliphatic heterocycles. The lowest BCUT2D eigenvalue weighted by molar-refractivity contribution is -0.117. The molecule has 0 aromatic heterocycles. The van der Waals surface area contributed by atoms with E-state index < -0.39 is 11.3 Å². The first kappa shape index (κ1) is 10.8. The van der Waals surface area contributed by atoms with Crippen LogP contribution in [0.25, 0.3) is 0 Å². The van der Waals surface area contributed by atoms with E-state index in [0.29, 0.717) is 15.1 Å². The van der Waals surface area contributed by atoms with E-state index in [4.69, 9.17) is 28.9 Å². The maximum Gasteiger partial charge on any atom is 0.240 e. The fourth-order valence-corrected chi connectivity index (χ4v) is 1.48. The Morgan fingerprint density at radius 3 is 2.62 bits per heavy atom. The zero-order valence-electron chi connectivity index (χ0n) is 6.43. The van der Waals surface area contributed by atoms with Gasteiger partial charge in [-0.25, -0.2) is 0 Å². The molecule has 1 rings (SSSR count). The zero-order chi connectivity index (χ0) is 10.0. The SMILES string of the molecule is NC(=O)C(Cl)c1ccc(Cl)c(Br)c1. The number of hydrogen-bond acceptors (Lipinski definition) is 1. The smallest absolute Gasteiger partial charge is 0.240 e. The Kier molecular flexibility index (Phi) is 3.59. The quantitative estimate of drug-likeness (QED) is 0.833. The lowest BCUT2D eigenvalue weighted by Gasteiger charge is -2.06. The zero-order valence-corrected chi connectivity index (χ0v) is 9.53. The van der Waals surface area contributed by atoms with E-state index in [2.05, 4.69) is 15.9 Å². The number of primary amides is 1. The van der Waals surface area contributed by atoms with Crippen molar-refractivity contribution in [3.8, 4) is 0 Å². The van der Waals surface area contributed by atoms with Crippen LogP contribution in [-0.4, -0.2) is 5.91 Å². The summed E-state index contributed by atoms with van der Waals surface area (Å²) < 4.78 is 0.693. The van der Waals surface area contributed by atoms with E-state index in [1.165, 1.54) is 0 Å². The van der Waals surface area contributed by atoms with Gasteiger partial charge in [0.15, 0.2) is 0 Å². The van der Waals surface area contributed by atoms with Crippen LogP contribution < -0.4 is 5.73 Å². The monoisotopic (exact) mass is 281 g/mol. The Morgan fingerprint density at radius 1 is 1.54 bits per heavy atom. The van der Waals surface area contributed by atoms with Crippen LogP contribution in [-0.2, 0) is 4.79 Å². The highest BCUT2D eigenvalue weighted by Gasteiger charge is 2.14. The summed E-state index contributed by atoms with van der Waals surface area (Å²) in [6, 6.07) is 4.99. The molecule has 2 N–H and O–H groups in total. The molecule has 0 saturated carbocycles. The summed E-state index contributed by atoms with van der Waals surface area (Å²) in [5.74, 6) is -0.573. The second-order valence-electron chi connectivity index (χ2n) is 2.44. The van der Waals surface area contributed by atoms with E-state index in [-0.39, 0.29) is 0 Å². The third-order valence-electron chi connectivity index (χ3n) is 1.49. The molecule has 70 valence electrons. The molecule has 1 amide bonds. The Labute approximate surface area is 94.1 Å². The number of benzene rings is 1. The largest absolute Gasteiger partial charge is 0.368 e. The van der Waals surface area contributed by atoms with E-state index in [0.717, 1.165) is 0 Å². The van der Waals surface area contributed by atoms with E-state index in [1.54, 1.807) is 18.2 Å². The summed E-state index contributed by atoms with van der Waals surface area (Å²) in [5.41, 5.74) is 5.67. The van der Waals surface area contributed by atoms with Gasteiger partial charge in [0, 0.05) is 4.47 Å². The molecular formula is C8H6BrCl2NO. The van der Waals surface area contributed by atoms with Crippen molar-refractivity contribution in [1.82, 2.24) is 0 Å². The number of amides is 1. The predicted molar refractivity (Wildman–Crippen MR) is 56.9 cm³/mol. The number of carbonyl (C=O) groups excluding carboxylic acids is 1. The molecule has 1 unspecified atom stereocenters. The van der Waals surface area contributed by atoms with Gasteiger partial charge in [0.05, 0.1) is 5.02 Å². The lowest BCUT2D eigenvalue weighted by Crippen LogP contribution is -2.16. The summed E-state index contributed by atoms with van der Waals surface area (Å²) >= 11 is 14.7. The summed E-state index contributed by atoms with van der Waals surface area (Å²) in [4.78, 5) is 10.7. The standard InChI is InChI=1S/C8H6BrCl2NO/c9-5-3-4(1-2-6(5)10)7(11)8(12)13/h1-3,7H,(H2,12,13). The van der Waals surface area contributed by atoms with Crippen LogP contribution in [0.4, 0.5) is 0 Å². The van der Waals surface area contributed by atoms with Crippen LogP contribution in [0.2, 0.25) is 5.02 Å². The van der Waals surface area contributed by atoms with Crippen molar-refractivity contribution in [1.29, 1.82) is 0 Å². The summed E-state index contributed by atoms with van der Waals surface area (Å²) in [5, 5.41) is -0.245.